The summed E-state index contributed by atoms with van der Waals surface area (Å²) >= 11 is 0. The Labute approximate surface area is 183 Å². The molecule has 3 aromatic rings. The van der Waals surface area contributed by atoms with E-state index in [4.69, 9.17) is 5.10 Å². The molecule has 1 unspecified atom stereocenters. The first kappa shape index (κ1) is 21.7. The number of benzene rings is 2. The molecule has 2 aromatic carbocycles. The van der Waals surface area contributed by atoms with E-state index in [0.717, 1.165) is 43.0 Å². The van der Waals surface area contributed by atoms with Crippen LogP contribution in [0.3, 0.4) is 0 Å². The maximum atomic E-state index is 13.3. The highest BCUT2D eigenvalue weighted by atomic mass is 19.1. The molecule has 5 nitrogen and oxygen atoms in total. The molecule has 31 heavy (non-hydrogen) atoms. The van der Waals surface area contributed by atoms with Gasteiger partial charge in [-0.2, -0.15) is 5.10 Å². The standard InChI is InChI=1S/C25H31FN4O/c1-18-4-10-22(11-5-18)30-25-12-13-29(15-20-6-8-21(26)9-7-20)16-23(25)24(27-30)17-28(3)14-19(2)31/h4-11,19,31H,12-17H2,1-3H3. The zero-order valence-electron chi connectivity index (χ0n) is 18.6. The number of halogens is 1. The molecule has 2 heterocycles. The van der Waals surface area contributed by atoms with Crippen molar-refractivity contribution in [2.75, 3.05) is 20.1 Å². The lowest BCUT2D eigenvalue weighted by atomic mass is 10.0. The van der Waals surface area contributed by atoms with Gasteiger partial charge in [0, 0.05) is 44.7 Å². The van der Waals surface area contributed by atoms with E-state index in [2.05, 4.69) is 45.7 Å². The van der Waals surface area contributed by atoms with Crippen LogP contribution in [0.5, 0.6) is 0 Å². The van der Waals surface area contributed by atoms with Gasteiger partial charge in [-0.05, 0) is 50.7 Å². The molecule has 6 heteroatoms. The first-order valence-electron chi connectivity index (χ1n) is 10.9. The molecular formula is C25H31FN4O. The fourth-order valence-corrected chi connectivity index (χ4v) is 4.32. The van der Waals surface area contributed by atoms with Crippen LogP contribution in [0.25, 0.3) is 5.69 Å². The molecule has 0 radical (unpaired) electrons. The van der Waals surface area contributed by atoms with Gasteiger partial charge in [0.15, 0.2) is 0 Å². The minimum atomic E-state index is -0.380. The number of rotatable bonds is 7. The van der Waals surface area contributed by atoms with Gasteiger partial charge in [0.2, 0.25) is 0 Å². The molecule has 0 fully saturated rings. The third-order valence-corrected chi connectivity index (χ3v) is 5.81. The minimum absolute atomic E-state index is 0.201. The fraction of sp³-hybridized carbons (Fsp3) is 0.400. The van der Waals surface area contributed by atoms with Crippen molar-refractivity contribution in [2.24, 2.45) is 0 Å². The van der Waals surface area contributed by atoms with Gasteiger partial charge in [-0.25, -0.2) is 9.07 Å². The van der Waals surface area contributed by atoms with Crippen LogP contribution in [0, 0.1) is 12.7 Å². The van der Waals surface area contributed by atoms with Gasteiger partial charge in [-0.15, -0.1) is 0 Å². The normalized spacial score (nSPS) is 15.3. The number of fused-ring (bicyclic) bond motifs is 1. The third kappa shape index (κ3) is 5.21. The summed E-state index contributed by atoms with van der Waals surface area (Å²) in [5.74, 6) is -0.201. The molecule has 0 spiro atoms. The van der Waals surface area contributed by atoms with E-state index in [9.17, 15) is 9.50 Å². The summed E-state index contributed by atoms with van der Waals surface area (Å²) in [4.78, 5) is 4.51. The molecule has 1 aromatic heterocycles. The molecule has 0 bridgehead atoms. The summed E-state index contributed by atoms with van der Waals surface area (Å²) in [7, 11) is 2.02. The second-order valence-corrected chi connectivity index (χ2v) is 8.75. The Morgan fingerprint density at radius 1 is 1.13 bits per heavy atom. The van der Waals surface area contributed by atoms with Crippen LogP contribution in [0.1, 0.15) is 35.0 Å². The molecule has 1 aliphatic heterocycles. The van der Waals surface area contributed by atoms with Gasteiger partial charge < -0.3 is 5.11 Å². The number of likely N-dealkylation sites (N-methyl/N-ethyl adjacent to an activating group) is 1. The average Bonchev–Trinajstić information content (AvgIpc) is 3.07. The van der Waals surface area contributed by atoms with Gasteiger partial charge in [0.25, 0.3) is 0 Å². The van der Waals surface area contributed by atoms with E-state index in [1.807, 2.05) is 19.2 Å². The Morgan fingerprint density at radius 2 is 1.84 bits per heavy atom. The van der Waals surface area contributed by atoms with Crippen molar-refractivity contribution in [2.45, 2.75) is 46.0 Å². The number of aliphatic hydroxyl groups is 1. The largest absolute Gasteiger partial charge is 0.392 e. The van der Waals surface area contributed by atoms with Crippen LogP contribution in [-0.4, -0.2) is 50.9 Å². The highest BCUT2D eigenvalue weighted by molar-refractivity contribution is 5.40. The second-order valence-electron chi connectivity index (χ2n) is 8.75. The van der Waals surface area contributed by atoms with Gasteiger partial charge in [0.05, 0.1) is 23.2 Å². The summed E-state index contributed by atoms with van der Waals surface area (Å²) < 4.78 is 15.4. The monoisotopic (exact) mass is 422 g/mol. The SMILES string of the molecule is Cc1ccc(-n2nc(CN(C)CC(C)O)c3c2CCN(Cc2ccc(F)cc2)C3)cc1. The number of hydrogen-bond donors (Lipinski definition) is 1. The zero-order valence-corrected chi connectivity index (χ0v) is 18.6. The van der Waals surface area contributed by atoms with E-state index in [1.54, 1.807) is 6.92 Å². The van der Waals surface area contributed by atoms with Crippen molar-refractivity contribution >= 4 is 0 Å². The first-order valence-corrected chi connectivity index (χ1v) is 10.9. The van der Waals surface area contributed by atoms with Gasteiger partial charge in [-0.3, -0.25) is 9.80 Å². The Bertz CT molecular complexity index is 1010. The smallest absolute Gasteiger partial charge is 0.123 e. The molecule has 0 saturated heterocycles. The highest BCUT2D eigenvalue weighted by Gasteiger charge is 2.26. The maximum Gasteiger partial charge on any atom is 0.123 e. The third-order valence-electron chi connectivity index (χ3n) is 5.81. The van der Waals surface area contributed by atoms with Gasteiger partial charge in [-0.1, -0.05) is 29.8 Å². The Balaban J connectivity index is 1.62. The van der Waals surface area contributed by atoms with Crippen LogP contribution >= 0.6 is 0 Å². The van der Waals surface area contributed by atoms with Crippen LogP contribution in [0.15, 0.2) is 48.5 Å². The van der Waals surface area contributed by atoms with E-state index >= 15 is 0 Å². The average molecular weight is 423 g/mol. The topological polar surface area (TPSA) is 44.5 Å². The highest BCUT2D eigenvalue weighted by Crippen LogP contribution is 2.27. The lowest BCUT2D eigenvalue weighted by Gasteiger charge is -2.28. The van der Waals surface area contributed by atoms with Crippen molar-refractivity contribution in [1.29, 1.82) is 0 Å². The summed E-state index contributed by atoms with van der Waals surface area (Å²) in [6, 6.07) is 15.2. The zero-order chi connectivity index (χ0) is 22.0. The van der Waals surface area contributed by atoms with Crippen molar-refractivity contribution in [3.8, 4) is 5.69 Å². The van der Waals surface area contributed by atoms with Crippen LogP contribution in [0.4, 0.5) is 4.39 Å². The number of aromatic nitrogens is 2. The van der Waals surface area contributed by atoms with Gasteiger partial charge >= 0.3 is 0 Å². The molecule has 0 saturated carbocycles. The molecule has 1 atom stereocenters. The van der Waals surface area contributed by atoms with Crippen LogP contribution < -0.4 is 0 Å². The Morgan fingerprint density at radius 3 is 2.52 bits per heavy atom. The predicted octanol–water partition coefficient (Wildman–Crippen LogP) is 3.69. The summed E-state index contributed by atoms with van der Waals surface area (Å²) in [5.41, 5.74) is 7.02. The molecule has 4 rings (SSSR count). The van der Waals surface area contributed by atoms with E-state index in [1.165, 1.54) is 29.0 Å². The lowest BCUT2D eigenvalue weighted by molar-refractivity contribution is 0.137. The number of nitrogens with zero attached hydrogens (tertiary/aromatic N) is 4. The summed E-state index contributed by atoms with van der Waals surface area (Å²) in [5, 5.41) is 14.8. The van der Waals surface area contributed by atoms with Crippen molar-refractivity contribution in [1.82, 2.24) is 19.6 Å². The molecular weight excluding hydrogens is 391 g/mol. The minimum Gasteiger partial charge on any atom is -0.392 e. The van der Waals surface area contributed by atoms with E-state index in [-0.39, 0.29) is 11.9 Å². The maximum absolute atomic E-state index is 13.3. The van der Waals surface area contributed by atoms with Gasteiger partial charge in [0.1, 0.15) is 5.82 Å². The summed E-state index contributed by atoms with van der Waals surface area (Å²) in [6.45, 7) is 7.73. The number of aliphatic hydroxyl groups excluding tert-OH is 1. The van der Waals surface area contributed by atoms with Crippen LogP contribution in [0.2, 0.25) is 0 Å². The number of aryl methyl sites for hydroxylation is 1. The summed E-state index contributed by atoms with van der Waals surface area (Å²) in [6.07, 6.45) is 0.535. The van der Waals surface area contributed by atoms with Crippen molar-refractivity contribution < 1.29 is 9.50 Å². The molecule has 164 valence electrons. The second kappa shape index (κ2) is 9.30. The molecule has 0 amide bonds. The molecule has 1 N–H and O–H groups in total. The number of hydrogen-bond acceptors (Lipinski definition) is 4. The predicted molar refractivity (Wildman–Crippen MR) is 121 cm³/mol. The fourth-order valence-electron chi connectivity index (χ4n) is 4.32. The first-order chi connectivity index (χ1) is 14.9. The van der Waals surface area contributed by atoms with Crippen molar-refractivity contribution in [3.63, 3.8) is 0 Å². The lowest BCUT2D eigenvalue weighted by Crippen LogP contribution is -2.32. The Kier molecular flexibility index (Phi) is 6.51. The molecule has 1 aliphatic rings. The Hall–Kier alpha value is -2.54. The van der Waals surface area contributed by atoms with Crippen LogP contribution in [-0.2, 0) is 26.1 Å². The quantitative estimate of drug-likeness (QED) is 0.631. The van der Waals surface area contributed by atoms with Crippen molar-refractivity contribution in [3.05, 3.63) is 82.4 Å². The van der Waals surface area contributed by atoms with E-state index in [0.29, 0.717) is 13.1 Å². The molecule has 0 aliphatic carbocycles. The van der Waals surface area contributed by atoms with E-state index < -0.39 is 0 Å².